The first-order valence-electron chi connectivity index (χ1n) is 5.76. The Morgan fingerprint density at radius 1 is 1.06 bits per heavy atom. The molecule has 0 unspecified atom stereocenters. The summed E-state index contributed by atoms with van der Waals surface area (Å²) in [7, 11) is 0. The molecule has 2 aromatic carbocycles. The van der Waals surface area contributed by atoms with Crippen LogP contribution in [-0.4, -0.2) is 6.08 Å². The average molecular weight is 235 g/mol. The van der Waals surface area contributed by atoms with Crippen molar-refractivity contribution in [1.29, 1.82) is 0 Å². The molecule has 0 heterocycles. The standard InChI is InChI=1S/C16H13NO/c1-2-14(13-8-4-3-5-9-13)15-10-6-7-11-16(15)17-12-18/h2-11H,1H3/b14-2-. The molecule has 2 nitrogen and oxygen atoms in total. The number of nitrogens with zero attached hydrogens (tertiary/aromatic N) is 1. The molecule has 0 N–H and O–H groups in total. The van der Waals surface area contributed by atoms with Gasteiger partial charge >= 0.3 is 0 Å². The summed E-state index contributed by atoms with van der Waals surface area (Å²) in [6.45, 7) is 1.98. The maximum absolute atomic E-state index is 10.5. The van der Waals surface area contributed by atoms with Gasteiger partial charge in [-0.25, -0.2) is 4.79 Å². The van der Waals surface area contributed by atoms with Gasteiger partial charge in [-0.15, -0.1) is 0 Å². The Hall–Kier alpha value is -2.44. The number of allylic oxidation sites excluding steroid dienone is 1. The van der Waals surface area contributed by atoms with Crippen LogP contribution < -0.4 is 0 Å². The van der Waals surface area contributed by atoms with Crippen molar-refractivity contribution in [2.45, 2.75) is 6.92 Å². The van der Waals surface area contributed by atoms with Gasteiger partial charge in [0.25, 0.3) is 0 Å². The Morgan fingerprint density at radius 3 is 2.39 bits per heavy atom. The lowest BCUT2D eigenvalue weighted by atomic mass is 9.96. The van der Waals surface area contributed by atoms with Crippen LogP contribution in [0.15, 0.2) is 65.7 Å². The first kappa shape index (κ1) is 12.0. The minimum absolute atomic E-state index is 0.643. The summed E-state index contributed by atoms with van der Waals surface area (Å²) in [4.78, 5) is 14.2. The summed E-state index contributed by atoms with van der Waals surface area (Å²) in [5, 5.41) is 0. The van der Waals surface area contributed by atoms with Crippen LogP contribution in [0.1, 0.15) is 18.1 Å². The van der Waals surface area contributed by atoms with E-state index in [0.29, 0.717) is 5.69 Å². The molecular formula is C16H13NO. The molecule has 0 amide bonds. The molecule has 0 bridgehead atoms. The molecular weight excluding hydrogens is 222 g/mol. The maximum atomic E-state index is 10.5. The second-order valence-corrected chi connectivity index (χ2v) is 3.79. The normalized spacial score (nSPS) is 10.8. The van der Waals surface area contributed by atoms with Crippen molar-refractivity contribution >= 4 is 17.3 Å². The third kappa shape index (κ3) is 2.45. The van der Waals surface area contributed by atoms with Gasteiger partial charge in [0.2, 0.25) is 6.08 Å². The van der Waals surface area contributed by atoms with Gasteiger partial charge < -0.3 is 0 Å². The lowest BCUT2D eigenvalue weighted by molar-refractivity contribution is 0.565. The Kier molecular flexibility index (Phi) is 3.85. The summed E-state index contributed by atoms with van der Waals surface area (Å²) < 4.78 is 0. The third-order valence-corrected chi connectivity index (χ3v) is 2.73. The molecule has 0 aliphatic heterocycles. The van der Waals surface area contributed by atoms with E-state index in [4.69, 9.17) is 0 Å². The van der Waals surface area contributed by atoms with Gasteiger partial charge in [0, 0.05) is 5.56 Å². The highest BCUT2D eigenvalue weighted by Gasteiger charge is 2.07. The van der Waals surface area contributed by atoms with Crippen molar-refractivity contribution in [3.63, 3.8) is 0 Å². The van der Waals surface area contributed by atoms with Crippen LogP contribution in [0.4, 0.5) is 5.69 Å². The van der Waals surface area contributed by atoms with Crippen LogP contribution in [0, 0.1) is 0 Å². The molecule has 18 heavy (non-hydrogen) atoms. The molecule has 2 heteroatoms. The van der Waals surface area contributed by atoms with Crippen molar-refractivity contribution < 1.29 is 4.79 Å². The number of aliphatic imine (C=N–C) groups is 1. The van der Waals surface area contributed by atoms with Gasteiger partial charge in [-0.1, -0.05) is 54.6 Å². The van der Waals surface area contributed by atoms with E-state index < -0.39 is 0 Å². The average Bonchev–Trinajstić information content (AvgIpc) is 2.43. The largest absolute Gasteiger partial charge is 0.240 e. The first-order chi connectivity index (χ1) is 8.86. The number of benzene rings is 2. The van der Waals surface area contributed by atoms with Crippen LogP contribution in [0.2, 0.25) is 0 Å². The second-order valence-electron chi connectivity index (χ2n) is 3.79. The molecule has 0 saturated carbocycles. The van der Waals surface area contributed by atoms with E-state index >= 15 is 0 Å². The Balaban J connectivity index is 2.57. The molecule has 0 saturated heterocycles. The molecule has 2 aromatic rings. The summed E-state index contributed by atoms with van der Waals surface area (Å²) in [5.74, 6) is 0. The number of hydrogen-bond donors (Lipinski definition) is 0. The highest BCUT2D eigenvalue weighted by atomic mass is 16.1. The Morgan fingerprint density at radius 2 is 1.72 bits per heavy atom. The highest BCUT2D eigenvalue weighted by Crippen LogP contribution is 2.30. The van der Waals surface area contributed by atoms with Crippen LogP contribution in [-0.2, 0) is 4.79 Å². The summed E-state index contributed by atoms with van der Waals surface area (Å²) in [6, 6.07) is 17.6. The number of hydrogen-bond acceptors (Lipinski definition) is 2. The Bertz CT molecular complexity index is 608. The van der Waals surface area contributed by atoms with E-state index in [9.17, 15) is 4.79 Å². The lowest BCUT2D eigenvalue weighted by Crippen LogP contribution is -1.88. The van der Waals surface area contributed by atoms with Crippen molar-refractivity contribution in [2.75, 3.05) is 0 Å². The number of isocyanates is 1. The predicted molar refractivity (Wildman–Crippen MR) is 73.4 cm³/mol. The van der Waals surface area contributed by atoms with Crippen molar-refractivity contribution in [3.8, 4) is 0 Å². The lowest BCUT2D eigenvalue weighted by Gasteiger charge is -2.09. The van der Waals surface area contributed by atoms with Gasteiger partial charge in [-0.3, -0.25) is 0 Å². The van der Waals surface area contributed by atoms with E-state index in [0.717, 1.165) is 16.7 Å². The van der Waals surface area contributed by atoms with E-state index in [1.165, 1.54) is 0 Å². The quantitative estimate of drug-likeness (QED) is 0.581. The van der Waals surface area contributed by atoms with E-state index in [2.05, 4.69) is 4.99 Å². The van der Waals surface area contributed by atoms with Crippen LogP contribution >= 0.6 is 0 Å². The van der Waals surface area contributed by atoms with E-state index in [-0.39, 0.29) is 0 Å². The summed E-state index contributed by atoms with van der Waals surface area (Å²) in [5.41, 5.74) is 3.75. The molecule has 0 atom stereocenters. The monoisotopic (exact) mass is 235 g/mol. The fourth-order valence-electron chi connectivity index (χ4n) is 1.94. The first-order valence-corrected chi connectivity index (χ1v) is 5.76. The van der Waals surface area contributed by atoms with Crippen LogP contribution in [0.25, 0.3) is 5.57 Å². The smallest absolute Gasteiger partial charge is 0.211 e. The number of carbonyl (C=O) groups excluding carboxylic acids is 1. The molecule has 88 valence electrons. The fraction of sp³-hybridized carbons (Fsp3) is 0.0625. The maximum Gasteiger partial charge on any atom is 0.240 e. The minimum atomic E-state index is 0.643. The molecule has 0 aliphatic rings. The van der Waals surface area contributed by atoms with Gasteiger partial charge in [0.15, 0.2) is 0 Å². The molecule has 0 radical (unpaired) electrons. The molecule has 0 aromatic heterocycles. The predicted octanol–water partition coefficient (Wildman–Crippen LogP) is 4.11. The molecule has 0 aliphatic carbocycles. The molecule has 0 fully saturated rings. The topological polar surface area (TPSA) is 29.4 Å². The van der Waals surface area contributed by atoms with Crippen LogP contribution in [0.3, 0.4) is 0 Å². The number of rotatable bonds is 3. The minimum Gasteiger partial charge on any atom is -0.211 e. The van der Waals surface area contributed by atoms with Gasteiger partial charge in [-0.05, 0) is 24.1 Å². The van der Waals surface area contributed by atoms with Gasteiger partial charge in [0.1, 0.15) is 0 Å². The van der Waals surface area contributed by atoms with Crippen molar-refractivity contribution in [3.05, 3.63) is 71.8 Å². The number of para-hydroxylation sites is 1. The molecule has 0 spiro atoms. The van der Waals surface area contributed by atoms with Crippen molar-refractivity contribution in [2.24, 2.45) is 4.99 Å². The zero-order valence-electron chi connectivity index (χ0n) is 10.1. The van der Waals surface area contributed by atoms with E-state index in [1.807, 2.05) is 67.6 Å². The second kappa shape index (κ2) is 5.76. The fourth-order valence-corrected chi connectivity index (χ4v) is 1.94. The highest BCUT2D eigenvalue weighted by molar-refractivity contribution is 5.85. The van der Waals surface area contributed by atoms with Gasteiger partial charge in [0.05, 0.1) is 5.69 Å². The Labute approximate surface area is 106 Å². The summed E-state index contributed by atoms with van der Waals surface area (Å²) >= 11 is 0. The van der Waals surface area contributed by atoms with Gasteiger partial charge in [-0.2, -0.15) is 4.99 Å². The van der Waals surface area contributed by atoms with Crippen molar-refractivity contribution in [1.82, 2.24) is 0 Å². The van der Waals surface area contributed by atoms with E-state index in [1.54, 1.807) is 6.08 Å². The zero-order chi connectivity index (χ0) is 12.8. The SMILES string of the molecule is C/C=C(/c1ccccc1)c1ccccc1N=C=O. The summed E-state index contributed by atoms with van der Waals surface area (Å²) in [6.07, 6.45) is 3.62. The third-order valence-electron chi connectivity index (χ3n) is 2.73. The molecule has 2 rings (SSSR count). The van der Waals surface area contributed by atoms with Crippen LogP contribution in [0.5, 0.6) is 0 Å². The zero-order valence-corrected chi connectivity index (χ0v) is 10.1.